The maximum Gasteiger partial charge on any atom is 0.240 e. The van der Waals surface area contributed by atoms with Crippen molar-refractivity contribution in [1.82, 2.24) is 5.32 Å². The molecular formula is C19H27FN2O2. The molecule has 0 aromatic heterocycles. The molecule has 4 nitrogen and oxygen atoms in total. The average Bonchev–Trinajstić information content (AvgIpc) is 2.61. The molecule has 0 unspecified atom stereocenters. The highest BCUT2D eigenvalue weighted by molar-refractivity contribution is 5.86. The molecule has 1 saturated carbocycles. The Morgan fingerprint density at radius 2 is 1.71 bits per heavy atom. The molecule has 0 atom stereocenters. The van der Waals surface area contributed by atoms with Crippen LogP contribution in [-0.4, -0.2) is 31.2 Å². The predicted octanol–water partition coefficient (Wildman–Crippen LogP) is 2.65. The van der Waals surface area contributed by atoms with Crippen LogP contribution in [0.15, 0.2) is 24.3 Å². The second kappa shape index (κ2) is 7.19. The summed E-state index contributed by atoms with van der Waals surface area (Å²) in [5, 5.41) is 3.10. The molecule has 2 aliphatic rings. The van der Waals surface area contributed by atoms with Gasteiger partial charge in [-0.3, -0.25) is 4.79 Å². The monoisotopic (exact) mass is 334 g/mol. The SMILES string of the molecule is NC1(C(=O)NCC2(c3ccc(F)cc3)CCOCC2)CCCCC1. The maximum absolute atomic E-state index is 13.3. The van der Waals surface area contributed by atoms with Gasteiger partial charge in [0.1, 0.15) is 5.82 Å². The Bertz CT molecular complexity index is 561. The van der Waals surface area contributed by atoms with Crippen LogP contribution in [0.2, 0.25) is 0 Å². The number of nitrogens with two attached hydrogens (primary N) is 1. The van der Waals surface area contributed by atoms with Crippen LogP contribution >= 0.6 is 0 Å². The number of nitrogens with one attached hydrogen (secondary N) is 1. The molecule has 3 N–H and O–H groups in total. The standard InChI is InChI=1S/C19H27FN2O2/c20-16-6-4-15(5-7-16)18(10-12-24-13-11-18)14-22-17(23)19(21)8-2-1-3-9-19/h4-7H,1-3,8-14,21H2,(H,22,23). The van der Waals surface area contributed by atoms with E-state index >= 15 is 0 Å². The summed E-state index contributed by atoms with van der Waals surface area (Å²) in [5.74, 6) is -0.289. The van der Waals surface area contributed by atoms with Crippen LogP contribution in [0.25, 0.3) is 0 Å². The molecular weight excluding hydrogens is 307 g/mol. The Balaban J connectivity index is 1.73. The van der Waals surface area contributed by atoms with Gasteiger partial charge in [0.15, 0.2) is 0 Å². The number of ether oxygens (including phenoxy) is 1. The summed E-state index contributed by atoms with van der Waals surface area (Å²) in [6.07, 6.45) is 6.33. The number of benzene rings is 1. The maximum atomic E-state index is 13.3. The first-order valence-corrected chi connectivity index (χ1v) is 8.95. The van der Waals surface area contributed by atoms with E-state index in [-0.39, 0.29) is 17.1 Å². The number of hydrogen-bond acceptors (Lipinski definition) is 3. The number of carbonyl (C=O) groups is 1. The number of amides is 1. The van der Waals surface area contributed by atoms with E-state index in [1.54, 1.807) is 0 Å². The molecule has 2 fully saturated rings. The molecule has 3 rings (SSSR count). The zero-order valence-electron chi connectivity index (χ0n) is 14.2. The van der Waals surface area contributed by atoms with Crippen molar-refractivity contribution >= 4 is 5.91 Å². The van der Waals surface area contributed by atoms with Crippen molar-refractivity contribution in [3.63, 3.8) is 0 Å². The first-order chi connectivity index (χ1) is 11.5. The van der Waals surface area contributed by atoms with Crippen molar-refractivity contribution in [1.29, 1.82) is 0 Å². The summed E-state index contributed by atoms with van der Waals surface area (Å²) >= 11 is 0. The minimum atomic E-state index is -0.729. The summed E-state index contributed by atoms with van der Waals surface area (Å²) in [5.41, 5.74) is 6.46. The highest BCUT2D eigenvalue weighted by atomic mass is 19.1. The molecule has 1 aromatic rings. The third-order valence-electron chi connectivity index (χ3n) is 5.69. The highest BCUT2D eigenvalue weighted by Crippen LogP contribution is 2.35. The van der Waals surface area contributed by atoms with Crippen LogP contribution in [0.3, 0.4) is 0 Å². The van der Waals surface area contributed by atoms with Gasteiger partial charge in [0.05, 0.1) is 5.54 Å². The molecule has 1 heterocycles. The van der Waals surface area contributed by atoms with Gasteiger partial charge in [-0.1, -0.05) is 31.4 Å². The fourth-order valence-corrected chi connectivity index (χ4v) is 3.97. The van der Waals surface area contributed by atoms with Gasteiger partial charge in [0, 0.05) is 25.2 Å². The second-order valence-corrected chi connectivity index (χ2v) is 7.30. The van der Waals surface area contributed by atoms with Crippen LogP contribution in [0, 0.1) is 5.82 Å². The quantitative estimate of drug-likeness (QED) is 0.890. The van der Waals surface area contributed by atoms with Gasteiger partial charge in [-0.05, 0) is 43.4 Å². The first-order valence-electron chi connectivity index (χ1n) is 8.95. The summed E-state index contributed by atoms with van der Waals surface area (Å²) in [4.78, 5) is 12.7. The lowest BCUT2D eigenvalue weighted by Gasteiger charge is -2.39. The first kappa shape index (κ1) is 17.4. The van der Waals surface area contributed by atoms with Crippen LogP contribution < -0.4 is 11.1 Å². The minimum Gasteiger partial charge on any atom is -0.381 e. The van der Waals surface area contributed by atoms with E-state index in [0.29, 0.717) is 19.8 Å². The smallest absolute Gasteiger partial charge is 0.240 e. The Hall–Kier alpha value is -1.46. The van der Waals surface area contributed by atoms with Crippen molar-refractivity contribution in [3.8, 4) is 0 Å². The molecule has 1 amide bonds. The van der Waals surface area contributed by atoms with Crippen LogP contribution in [0.1, 0.15) is 50.5 Å². The van der Waals surface area contributed by atoms with E-state index in [4.69, 9.17) is 10.5 Å². The van der Waals surface area contributed by atoms with Crippen molar-refractivity contribution in [3.05, 3.63) is 35.6 Å². The third-order valence-corrected chi connectivity index (χ3v) is 5.69. The summed E-state index contributed by atoms with van der Waals surface area (Å²) in [6, 6.07) is 6.62. The zero-order chi connectivity index (χ0) is 17.0. The topological polar surface area (TPSA) is 64.4 Å². The third kappa shape index (κ3) is 3.62. The van der Waals surface area contributed by atoms with Crippen LogP contribution in [0.4, 0.5) is 4.39 Å². The molecule has 1 saturated heterocycles. The fraction of sp³-hybridized carbons (Fsp3) is 0.632. The molecule has 0 bridgehead atoms. The van der Waals surface area contributed by atoms with E-state index in [1.165, 1.54) is 12.1 Å². The fourth-order valence-electron chi connectivity index (χ4n) is 3.97. The lowest BCUT2D eigenvalue weighted by molar-refractivity contribution is -0.128. The van der Waals surface area contributed by atoms with Gasteiger partial charge in [0.25, 0.3) is 0 Å². The van der Waals surface area contributed by atoms with E-state index in [2.05, 4.69) is 5.32 Å². The lowest BCUT2D eigenvalue weighted by Crippen LogP contribution is -2.57. The van der Waals surface area contributed by atoms with Gasteiger partial charge in [-0.2, -0.15) is 0 Å². The number of halogens is 1. The Labute approximate surface area is 142 Å². The number of carbonyl (C=O) groups excluding carboxylic acids is 1. The normalized spacial score (nSPS) is 22.8. The minimum absolute atomic E-state index is 0.0461. The van der Waals surface area contributed by atoms with Gasteiger partial charge in [-0.25, -0.2) is 4.39 Å². The van der Waals surface area contributed by atoms with E-state index in [0.717, 1.165) is 50.5 Å². The van der Waals surface area contributed by atoms with Crippen molar-refractivity contribution in [2.45, 2.75) is 55.9 Å². The van der Waals surface area contributed by atoms with Crippen LogP contribution in [-0.2, 0) is 14.9 Å². The molecule has 5 heteroatoms. The van der Waals surface area contributed by atoms with Gasteiger partial charge in [-0.15, -0.1) is 0 Å². The Morgan fingerprint density at radius 1 is 1.08 bits per heavy atom. The van der Waals surface area contributed by atoms with Gasteiger partial charge >= 0.3 is 0 Å². The van der Waals surface area contributed by atoms with Crippen molar-refractivity contribution in [2.24, 2.45) is 5.73 Å². The van der Waals surface area contributed by atoms with Gasteiger partial charge in [0.2, 0.25) is 5.91 Å². The molecule has 132 valence electrons. The lowest BCUT2D eigenvalue weighted by atomic mass is 9.73. The molecule has 24 heavy (non-hydrogen) atoms. The van der Waals surface area contributed by atoms with E-state index in [1.807, 2.05) is 12.1 Å². The number of rotatable bonds is 4. The van der Waals surface area contributed by atoms with E-state index < -0.39 is 5.54 Å². The zero-order valence-corrected chi connectivity index (χ0v) is 14.2. The highest BCUT2D eigenvalue weighted by Gasteiger charge is 2.39. The van der Waals surface area contributed by atoms with Crippen molar-refractivity contribution < 1.29 is 13.9 Å². The summed E-state index contributed by atoms with van der Waals surface area (Å²) in [6.45, 7) is 1.84. The summed E-state index contributed by atoms with van der Waals surface area (Å²) in [7, 11) is 0. The van der Waals surface area contributed by atoms with E-state index in [9.17, 15) is 9.18 Å². The molecule has 0 spiro atoms. The molecule has 1 aromatic carbocycles. The van der Waals surface area contributed by atoms with Crippen LogP contribution in [0.5, 0.6) is 0 Å². The van der Waals surface area contributed by atoms with Gasteiger partial charge < -0.3 is 15.8 Å². The number of hydrogen-bond donors (Lipinski definition) is 2. The molecule has 1 aliphatic heterocycles. The molecule has 0 radical (unpaired) electrons. The largest absolute Gasteiger partial charge is 0.381 e. The Kier molecular flexibility index (Phi) is 5.21. The second-order valence-electron chi connectivity index (χ2n) is 7.30. The Morgan fingerprint density at radius 3 is 2.33 bits per heavy atom. The average molecular weight is 334 g/mol. The predicted molar refractivity (Wildman–Crippen MR) is 91.1 cm³/mol. The molecule has 1 aliphatic carbocycles. The van der Waals surface area contributed by atoms with Crippen molar-refractivity contribution in [2.75, 3.05) is 19.8 Å². The summed E-state index contributed by atoms with van der Waals surface area (Å²) < 4.78 is 18.8.